The molecule has 0 saturated heterocycles. The van der Waals surface area contributed by atoms with Crippen LogP contribution in [0.25, 0.3) is 32.4 Å². The molecule has 0 atom stereocenters. The highest BCUT2D eigenvalue weighted by Crippen LogP contribution is 2.40. The molecule has 27 heavy (non-hydrogen) atoms. The van der Waals surface area contributed by atoms with Crippen LogP contribution in [0.4, 0.5) is 0 Å². The summed E-state index contributed by atoms with van der Waals surface area (Å²) in [6.07, 6.45) is 0. The molecule has 0 radical (unpaired) electrons. The molecule has 2 heterocycles. The first-order valence-corrected chi connectivity index (χ1v) is 8.72. The number of pyridine rings is 1. The van der Waals surface area contributed by atoms with Crippen molar-refractivity contribution in [1.82, 2.24) is 4.57 Å². The minimum absolute atomic E-state index is 0.0479. The van der Waals surface area contributed by atoms with Gasteiger partial charge >= 0.3 is 0 Å². The molecule has 0 amide bonds. The van der Waals surface area contributed by atoms with Gasteiger partial charge in [-0.05, 0) is 36.6 Å². The lowest BCUT2D eigenvalue weighted by atomic mass is 10.00. The van der Waals surface area contributed by atoms with E-state index in [-0.39, 0.29) is 18.1 Å². The van der Waals surface area contributed by atoms with Gasteiger partial charge in [-0.2, -0.15) is 0 Å². The fraction of sp³-hybridized carbons (Fsp3) is 0.190. The number of ether oxygens (including phenoxy) is 3. The highest BCUT2D eigenvalue weighted by atomic mass is 16.7. The average molecular weight is 363 g/mol. The molecular weight excluding hydrogens is 346 g/mol. The molecule has 5 rings (SSSR count). The van der Waals surface area contributed by atoms with Crippen LogP contribution in [0.15, 0.2) is 41.2 Å². The number of fused-ring (bicyclic) bond motifs is 6. The van der Waals surface area contributed by atoms with Crippen LogP contribution in [0, 0.1) is 0 Å². The van der Waals surface area contributed by atoms with Gasteiger partial charge < -0.3 is 23.9 Å². The third-order valence-electron chi connectivity index (χ3n) is 5.16. The van der Waals surface area contributed by atoms with E-state index >= 15 is 0 Å². The van der Waals surface area contributed by atoms with Gasteiger partial charge in [-0.15, -0.1) is 0 Å². The molecule has 1 aliphatic rings. The molecule has 6 nitrogen and oxygen atoms in total. The summed E-state index contributed by atoms with van der Waals surface area (Å²) in [6, 6.07) is 11.0. The quantitative estimate of drug-likeness (QED) is 0.549. The third-order valence-corrected chi connectivity index (χ3v) is 5.16. The Morgan fingerprint density at radius 2 is 1.81 bits per heavy atom. The smallest absolute Gasteiger partial charge is 0.259 e. The molecule has 136 valence electrons. The lowest BCUT2D eigenvalue weighted by molar-refractivity contribution is 0.174. The minimum atomic E-state index is -0.150. The zero-order chi connectivity index (χ0) is 18.7. The largest absolute Gasteiger partial charge is 0.504 e. The van der Waals surface area contributed by atoms with E-state index in [1.165, 1.54) is 13.2 Å². The van der Waals surface area contributed by atoms with E-state index in [1.807, 2.05) is 31.2 Å². The van der Waals surface area contributed by atoms with E-state index in [2.05, 4.69) is 0 Å². The van der Waals surface area contributed by atoms with Crippen LogP contribution in [-0.2, 0) is 6.54 Å². The Bertz CT molecular complexity index is 1310. The van der Waals surface area contributed by atoms with Crippen molar-refractivity contribution in [1.29, 1.82) is 0 Å². The van der Waals surface area contributed by atoms with E-state index in [9.17, 15) is 9.90 Å². The second kappa shape index (κ2) is 5.54. The standard InChI is InChI=1S/C21H17NO5/c1-3-22-20-12(14-9-17(25-2)16(23)7-15(14)21(22)24)5-4-11-6-18-19(8-13(11)20)27-10-26-18/h4-9,23H,3,10H2,1-2H3. The van der Waals surface area contributed by atoms with Gasteiger partial charge in [-0.3, -0.25) is 4.79 Å². The van der Waals surface area contributed by atoms with Gasteiger partial charge in [0.25, 0.3) is 5.56 Å². The molecule has 3 aromatic carbocycles. The summed E-state index contributed by atoms with van der Waals surface area (Å²) in [7, 11) is 1.49. The van der Waals surface area contributed by atoms with Crippen molar-refractivity contribution in [3.8, 4) is 23.0 Å². The monoisotopic (exact) mass is 363 g/mol. The topological polar surface area (TPSA) is 69.9 Å². The highest BCUT2D eigenvalue weighted by Gasteiger charge is 2.19. The Morgan fingerprint density at radius 1 is 1.04 bits per heavy atom. The number of phenols is 1. The van der Waals surface area contributed by atoms with Gasteiger partial charge in [0, 0.05) is 22.7 Å². The van der Waals surface area contributed by atoms with Crippen molar-refractivity contribution < 1.29 is 19.3 Å². The normalized spacial score (nSPS) is 13.0. The lowest BCUT2D eigenvalue weighted by Gasteiger charge is -2.15. The first-order valence-electron chi connectivity index (χ1n) is 8.72. The summed E-state index contributed by atoms with van der Waals surface area (Å²) in [5.41, 5.74) is 0.682. The number of benzene rings is 3. The van der Waals surface area contributed by atoms with Crippen molar-refractivity contribution in [3.05, 3.63) is 46.8 Å². The molecule has 0 saturated carbocycles. The SMILES string of the molecule is CCn1c(=O)c2cc(O)c(OC)cc2c2ccc3cc4c(cc3c21)OCO4. The molecule has 6 heteroatoms. The Balaban J connectivity index is 2.03. The Kier molecular flexibility index (Phi) is 3.25. The van der Waals surface area contributed by atoms with Crippen LogP contribution in [0.5, 0.6) is 23.0 Å². The predicted octanol–water partition coefficient (Wildman–Crippen LogP) is 3.77. The van der Waals surface area contributed by atoms with E-state index in [4.69, 9.17) is 14.2 Å². The maximum absolute atomic E-state index is 13.2. The average Bonchev–Trinajstić information content (AvgIpc) is 3.13. The summed E-state index contributed by atoms with van der Waals surface area (Å²) >= 11 is 0. The summed E-state index contributed by atoms with van der Waals surface area (Å²) in [6.45, 7) is 2.64. The molecule has 0 fully saturated rings. The second-order valence-corrected chi connectivity index (χ2v) is 6.51. The van der Waals surface area contributed by atoms with Gasteiger partial charge in [0.05, 0.1) is 18.0 Å². The summed E-state index contributed by atoms with van der Waals surface area (Å²) in [5, 5.41) is 14.2. The molecule has 0 bridgehead atoms. The number of aromatic nitrogens is 1. The molecule has 4 aromatic rings. The van der Waals surface area contributed by atoms with Crippen molar-refractivity contribution >= 4 is 32.4 Å². The van der Waals surface area contributed by atoms with Crippen LogP contribution in [0.3, 0.4) is 0 Å². The maximum atomic E-state index is 13.2. The Morgan fingerprint density at radius 3 is 2.56 bits per heavy atom. The summed E-state index contributed by atoms with van der Waals surface area (Å²) in [4.78, 5) is 13.2. The lowest BCUT2D eigenvalue weighted by Crippen LogP contribution is -2.20. The third kappa shape index (κ3) is 2.10. The number of phenolic OH excluding ortho intramolecular Hbond substituents is 1. The number of methoxy groups -OCH3 is 1. The van der Waals surface area contributed by atoms with Gasteiger partial charge in [-0.25, -0.2) is 0 Å². The molecular formula is C21H17NO5. The van der Waals surface area contributed by atoms with Crippen molar-refractivity contribution in [3.63, 3.8) is 0 Å². The van der Waals surface area contributed by atoms with Crippen LogP contribution in [0.2, 0.25) is 0 Å². The molecule has 1 aromatic heterocycles. The van der Waals surface area contributed by atoms with Gasteiger partial charge in [0.2, 0.25) is 6.79 Å². The van der Waals surface area contributed by atoms with Crippen molar-refractivity contribution in [2.45, 2.75) is 13.5 Å². The van der Waals surface area contributed by atoms with Gasteiger partial charge in [0.15, 0.2) is 23.0 Å². The number of aryl methyl sites for hydroxylation is 1. The van der Waals surface area contributed by atoms with E-state index < -0.39 is 0 Å². The zero-order valence-corrected chi connectivity index (χ0v) is 14.9. The van der Waals surface area contributed by atoms with Crippen molar-refractivity contribution in [2.24, 2.45) is 0 Å². The van der Waals surface area contributed by atoms with Crippen LogP contribution in [-0.4, -0.2) is 23.6 Å². The molecule has 1 aliphatic heterocycles. The number of aromatic hydroxyl groups is 1. The number of nitrogens with zero attached hydrogens (tertiary/aromatic N) is 1. The number of rotatable bonds is 2. The van der Waals surface area contributed by atoms with E-state index in [0.717, 1.165) is 27.1 Å². The van der Waals surface area contributed by atoms with Crippen LogP contribution < -0.4 is 19.8 Å². The maximum Gasteiger partial charge on any atom is 0.259 e. The molecule has 1 N–H and O–H groups in total. The minimum Gasteiger partial charge on any atom is -0.504 e. The number of hydrogen-bond donors (Lipinski definition) is 1. The number of hydrogen-bond acceptors (Lipinski definition) is 5. The predicted molar refractivity (Wildman–Crippen MR) is 103 cm³/mol. The van der Waals surface area contributed by atoms with Crippen LogP contribution >= 0.6 is 0 Å². The Labute approximate surface area is 154 Å². The summed E-state index contributed by atoms with van der Waals surface area (Å²) in [5.74, 6) is 1.67. The van der Waals surface area contributed by atoms with Gasteiger partial charge in [0.1, 0.15) is 0 Å². The van der Waals surface area contributed by atoms with Crippen molar-refractivity contribution in [2.75, 3.05) is 13.9 Å². The summed E-state index contributed by atoms with van der Waals surface area (Å²) < 4.78 is 18.0. The molecule has 0 spiro atoms. The zero-order valence-electron chi connectivity index (χ0n) is 14.9. The first kappa shape index (κ1) is 15.8. The van der Waals surface area contributed by atoms with E-state index in [1.54, 1.807) is 10.6 Å². The van der Waals surface area contributed by atoms with E-state index in [0.29, 0.717) is 29.2 Å². The fourth-order valence-electron chi connectivity index (χ4n) is 3.89. The van der Waals surface area contributed by atoms with Gasteiger partial charge in [-0.1, -0.05) is 12.1 Å². The first-order chi connectivity index (χ1) is 13.1. The molecule has 0 unspecified atom stereocenters. The second-order valence-electron chi connectivity index (χ2n) is 6.51. The van der Waals surface area contributed by atoms with Crippen LogP contribution in [0.1, 0.15) is 6.92 Å². The fourth-order valence-corrected chi connectivity index (χ4v) is 3.89. The highest BCUT2D eigenvalue weighted by molar-refractivity contribution is 6.16. The Hall–Kier alpha value is -3.41. The molecule has 0 aliphatic carbocycles.